The molecule has 1 N–H and O–H groups in total. The Morgan fingerprint density at radius 1 is 1.04 bits per heavy atom. The molecule has 26 heavy (non-hydrogen) atoms. The number of fused-ring (bicyclic) bond motifs is 1. The van der Waals surface area contributed by atoms with Crippen LogP contribution in [-0.2, 0) is 6.42 Å². The predicted octanol–water partition coefficient (Wildman–Crippen LogP) is 5.73. The van der Waals surface area contributed by atoms with E-state index in [2.05, 4.69) is 69.2 Å². The number of amidine groups is 1. The van der Waals surface area contributed by atoms with Crippen LogP contribution in [0.2, 0.25) is 0 Å². The average molecular weight is 482 g/mol. The number of nitrogens with zero attached hydrogens (tertiary/aromatic N) is 1. The van der Waals surface area contributed by atoms with Gasteiger partial charge in [-0.25, -0.2) is 0 Å². The van der Waals surface area contributed by atoms with Crippen LogP contribution in [0.15, 0.2) is 38.2 Å². The fourth-order valence-corrected chi connectivity index (χ4v) is 3.94. The van der Waals surface area contributed by atoms with Crippen molar-refractivity contribution in [2.24, 2.45) is 4.99 Å². The van der Waals surface area contributed by atoms with Gasteiger partial charge in [0.2, 0.25) is 0 Å². The molecule has 4 nitrogen and oxygen atoms in total. The highest BCUT2D eigenvalue weighted by atomic mass is 79.9. The lowest BCUT2D eigenvalue weighted by molar-refractivity contribution is 0.354. The monoisotopic (exact) mass is 480 g/mol. The number of nitrogens with one attached hydrogen (secondary N) is 1. The molecule has 3 rings (SSSR count). The number of benzene rings is 2. The van der Waals surface area contributed by atoms with Crippen LogP contribution in [0, 0.1) is 6.92 Å². The summed E-state index contributed by atoms with van der Waals surface area (Å²) in [5.41, 5.74) is 4.40. The third kappa shape index (κ3) is 3.91. The van der Waals surface area contributed by atoms with Crippen molar-refractivity contribution in [3.63, 3.8) is 0 Å². The minimum Gasteiger partial charge on any atom is -0.493 e. The number of halogens is 2. The van der Waals surface area contributed by atoms with E-state index in [0.29, 0.717) is 5.75 Å². The summed E-state index contributed by atoms with van der Waals surface area (Å²) in [6, 6.07) is 8.45. The van der Waals surface area contributed by atoms with E-state index in [-0.39, 0.29) is 6.04 Å². The average Bonchev–Trinajstić information content (AvgIpc) is 2.77. The van der Waals surface area contributed by atoms with Crippen LogP contribution < -0.4 is 14.8 Å². The minimum atomic E-state index is 0.231. The number of rotatable bonds is 3. The van der Waals surface area contributed by atoms with Gasteiger partial charge in [-0.05, 0) is 78.0 Å². The summed E-state index contributed by atoms with van der Waals surface area (Å²) in [4.78, 5) is 4.91. The lowest BCUT2D eigenvalue weighted by atomic mass is 10.0. The van der Waals surface area contributed by atoms with Crippen molar-refractivity contribution in [1.29, 1.82) is 0 Å². The van der Waals surface area contributed by atoms with Gasteiger partial charge in [-0.3, -0.25) is 4.99 Å². The third-order valence-electron chi connectivity index (χ3n) is 4.55. The standard InChI is InChI=1S/C20H22Br2N2O2/c1-11-7-16(22)17(10-15(11)21)24-20-14-9-19(26-4)18(25-3)8-13(14)6-5-12(2)23-20/h7-10,12H,5-6H2,1-4H3,(H,23,24). The molecule has 0 fully saturated rings. The predicted molar refractivity (Wildman–Crippen MR) is 114 cm³/mol. The Balaban J connectivity index is 2.08. The molecule has 1 aliphatic heterocycles. The summed E-state index contributed by atoms with van der Waals surface area (Å²) in [5, 5.41) is 3.51. The Morgan fingerprint density at radius 3 is 2.42 bits per heavy atom. The van der Waals surface area contributed by atoms with Gasteiger partial charge < -0.3 is 14.8 Å². The molecule has 1 heterocycles. The highest BCUT2D eigenvalue weighted by Crippen LogP contribution is 2.35. The van der Waals surface area contributed by atoms with Gasteiger partial charge in [0.25, 0.3) is 0 Å². The highest BCUT2D eigenvalue weighted by molar-refractivity contribution is 9.11. The maximum absolute atomic E-state index is 5.50. The highest BCUT2D eigenvalue weighted by Gasteiger charge is 2.21. The number of aliphatic imine (C=N–C) groups is 1. The van der Waals surface area contributed by atoms with Gasteiger partial charge in [-0.15, -0.1) is 0 Å². The number of methoxy groups -OCH3 is 2. The zero-order chi connectivity index (χ0) is 18.8. The van der Waals surface area contributed by atoms with Crippen LogP contribution in [0.25, 0.3) is 0 Å². The van der Waals surface area contributed by atoms with Crippen LogP contribution in [0.1, 0.15) is 30.0 Å². The molecule has 0 bridgehead atoms. The minimum absolute atomic E-state index is 0.231. The molecule has 1 atom stereocenters. The molecule has 1 unspecified atom stereocenters. The third-order valence-corrected chi connectivity index (χ3v) is 6.06. The van der Waals surface area contributed by atoms with Crippen molar-refractivity contribution in [3.8, 4) is 11.5 Å². The normalized spacial score (nSPS) is 16.4. The van der Waals surface area contributed by atoms with Crippen molar-refractivity contribution in [2.45, 2.75) is 32.7 Å². The second-order valence-corrected chi connectivity index (χ2v) is 8.14. The van der Waals surface area contributed by atoms with Crippen molar-refractivity contribution >= 4 is 43.4 Å². The fraction of sp³-hybridized carbons (Fsp3) is 0.350. The van der Waals surface area contributed by atoms with Crippen molar-refractivity contribution in [2.75, 3.05) is 19.5 Å². The molecule has 0 saturated carbocycles. The Kier molecular flexibility index (Phi) is 5.92. The Bertz CT molecular complexity index is 865. The lowest BCUT2D eigenvalue weighted by Gasteiger charge is -2.17. The second-order valence-electron chi connectivity index (χ2n) is 6.44. The molecule has 1 aliphatic rings. The summed E-state index contributed by atoms with van der Waals surface area (Å²) < 4.78 is 13.0. The van der Waals surface area contributed by atoms with Gasteiger partial charge >= 0.3 is 0 Å². The van der Waals surface area contributed by atoms with E-state index in [1.165, 1.54) is 11.1 Å². The Hall–Kier alpha value is -1.53. The number of hydrogen-bond acceptors (Lipinski definition) is 4. The van der Waals surface area contributed by atoms with Crippen molar-refractivity contribution < 1.29 is 9.47 Å². The first-order valence-corrected chi connectivity index (χ1v) is 10.1. The van der Waals surface area contributed by atoms with Crippen molar-refractivity contribution in [1.82, 2.24) is 0 Å². The molecule has 138 valence electrons. The molecular weight excluding hydrogens is 460 g/mol. The smallest absolute Gasteiger partial charge is 0.161 e. The zero-order valence-electron chi connectivity index (χ0n) is 15.3. The van der Waals surface area contributed by atoms with Gasteiger partial charge in [0.1, 0.15) is 5.84 Å². The van der Waals surface area contributed by atoms with Gasteiger partial charge in [-0.2, -0.15) is 0 Å². The van der Waals surface area contributed by atoms with Crippen LogP contribution in [0.5, 0.6) is 11.5 Å². The molecule has 2 aromatic rings. The number of aryl methyl sites for hydroxylation is 2. The van der Waals surface area contributed by atoms with E-state index in [1.807, 2.05) is 6.07 Å². The summed E-state index contributed by atoms with van der Waals surface area (Å²) in [6.07, 6.45) is 1.94. The SMILES string of the molecule is COc1cc2c(cc1OC)C(Nc1cc(Br)c(C)cc1Br)=NC(C)CC2. The number of hydrogen-bond donors (Lipinski definition) is 1. The number of anilines is 1. The summed E-state index contributed by atoms with van der Waals surface area (Å²) in [6.45, 7) is 4.21. The van der Waals surface area contributed by atoms with Crippen LogP contribution in [-0.4, -0.2) is 26.1 Å². The molecule has 0 spiro atoms. The topological polar surface area (TPSA) is 42.9 Å². The van der Waals surface area contributed by atoms with E-state index >= 15 is 0 Å². The maximum atomic E-state index is 5.50. The largest absolute Gasteiger partial charge is 0.493 e. The van der Waals surface area contributed by atoms with E-state index in [9.17, 15) is 0 Å². The summed E-state index contributed by atoms with van der Waals surface area (Å²) >= 11 is 7.26. The quantitative estimate of drug-likeness (QED) is 0.608. The lowest BCUT2D eigenvalue weighted by Crippen LogP contribution is -2.17. The van der Waals surface area contributed by atoms with Gasteiger partial charge in [0.05, 0.1) is 19.9 Å². The molecule has 2 aromatic carbocycles. The van der Waals surface area contributed by atoms with E-state index < -0.39 is 0 Å². The van der Waals surface area contributed by atoms with E-state index in [4.69, 9.17) is 14.5 Å². The summed E-state index contributed by atoms with van der Waals surface area (Å²) in [7, 11) is 3.32. The molecule has 0 amide bonds. The summed E-state index contributed by atoms with van der Waals surface area (Å²) in [5.74, 6) is 2.31. The molecule has 0 aliphatic carbocycles. The first kappa shape index (κ1) is 19.2. The maximum Gasteiger partial charge on any atom is 0.161 e. The van der Waals surface area contributed by atoms with Gasteiger partial charge in [-0.1, -0.05) is 15.9 Å². The first-order valence-electron chi connectivity index (χ1n) is 8.48. The Morgan fingerprint density at radius 2 is 1.73 bits per heavy atom. The fourth-order valence-electron chi connectivity index (χ4n) is 3.04. The molecule has 0 saturated heterocycles. The van der Waals surface area contributed by atoms with E-state index in [0.717, 1.165) is 44.6 Å². The van der Waals surface area contributed by atoms with E-state index in [1.54, 1.807) is 14.2 Å². The second kappa shape index (κ2) is 8.01. The van der Waals surface area contributed by atoms with Crippen LogP contribution >= 0.6 is 31.9 Å². The first-order chi connectivity index (χ1) is 12.4. The molecule has 0 aromatic heterocycles. The van der Waals surface area contributed by atoms with Crippen LogP contribution in [0.3, 0.4) is 0 Å². The van der Waals surface area contributed by atoms with Crippen molar-refractivity contribution in [3.05, 3.63) is 49.9 Å². The van der Waals surface area contributed by atoms with Crippen LogP contribution in [0.4, 0.5) is 5.69 Å². The molecule has 0 radical (unpaired) electrons. The van der Waals surface area contributed by atoms with Gasteiger partial charge in [0, 0.05) is 20.6 Å². The number of ether oxygens (including phenoxy) is 2. The Labute approximate surface area is 171 Å². The molecule has 6 heteroatoms. The van der Waals surface area contributed by atoms with Gasteiger partial charge in [0.15, 0.2) is 11.5 Å². The molecular formula is C20H22Br2N2O2. The zero-order valence-corrected chi connectivity index (χ0v) is 18.5.